The molecular weight excluding hydrogens is 396 g/mol. The molecule has 0 saturated heterocycles. The number of methoxy groups -OCH3 is 3. The average molecular weight is 411 g/mol. The van der Waals surface area contributed by atoms with Gasteiger partial charge < -0.3 is 23.5 Å². The predicted molar refractivity (Wildman–Crippen MR) is 97.3 cm³/mol. The molecule has 3 rings (SSSR count). The van der Waals surface area contributed by atoms with Gasteiger partial charge in [0.15, 0.2) is 11.4 Å². The number of rotatable bonds is 6. The molecule has 0 aliphatic heterocycles. The summed E-state index contributed by atoms with van der Waals surface area (Å²) in [7, 11) is 4.84. The first-order valence-electron chi connectivity index (χ1n) is 6.94. The predicted octanol–water partition coefficient (Wildman–Crippen LogP) is 4.74. The number of halogens is 1. The highest BCUT2D eigenvalue weighted by molar-refractivity contribution is 9.10. The Morgan fingerprint density at radius 2 is 1.71 bits per heavy atom. The molecular formula is C16H15BrN2O4S. The fourth-order valence-corrected chi connectivity index (χ4v) is 3.51. The van der Waals surface area contributed by atoms with Crippen LogP contribution in [0.1, 0.15) is 0 Å². The topological polar surface area (TPSA) is 65.8 Å². The average Bonchev–Trinajstić information content (AvgIpc) is 3.01. The molecule has 6 nitrogen and oxygen atoms in total. The van der Waals surface area contributed by atoms with E-state index in [1.807, 2.05) is 30.3 Å². The van der Waals surface area contributed by atoms with E-state index in [0.29, 0.717) is 28.6 Å². The highest BCUT2D eigenvalue weighted by Crippen LogP contribution is 2.41. The molecule has 0 radical (unpaired) electrons. The quantitative estimate of drug-likeness (QED) is 0.588. The fraction of sp³-hybridized carbons (Fsp3) is 0.188. The van der Waals surface area contributed by atoms with E-state index in [1.54, 1.807) is 21.3 Å². The Morgan fingerprint density at radius 1 is 1.04 bits per heavy atom. The molecule has 1 aromatic heterocycles. The van der Waals surface area contributed by atoms with Crippen molar-refractivity contribution >= 4 is 44.7 Å². The number of nitrogens with one attached hydrogen (secondary N) is 1. The highest BCUT2D eigenvalue weighted by atomic mass is 79.9. The molecule has 0 atom stereocenters. The lowest BCUT2D eigenvalue weighted by Crippen LogP contribution is -1.95. The number of fused-ring (bicyclic) bond motifs is 1. The largest absolute Gasteiger partial charge is 0.496 e. The van der Waals surface area contributed by atoms with Crippen LogP contribution >= 0.6 is 27.9 Å². The molecule has 1 N–H and O–H groups in total. The Balaban J connectivity index is 1.95. The number of benzene rings is 2. The van der Waals surface area contributed by atoms with Crippen molar-refractivity contribution in [3.05, 3.63) is 34.8 Å². The molecule has 2 aromatic carbocycles. The standard InChI is InChI=1S/C16H15BrN2O4S/c1-20-10-5-4-6-11(21-2)15(10)24-19-16-14-12(22-3)7-9(17)8-13(14)23-18-16/h4-8H,1-3H3,(H,18,19). The third-order valence-electron chi connectivity index (χ3n) is 3.36. The van der Waals surface area contributed by atoms with Crippen LogP contribution in [-0.2, 0) is 0 Å². The van der Waals surface area contributed by atoms with Gasteiger partial charge in [0.25, 0.3) is 0 Å². The van der Waals surface area contributed by atoms with Gasteiger partial charge in [-0.2, -0.15) is 0 Å². The van der Waals surface area contributed by atoms with Gasteiger partial charge in [0, 0.05) is 4.47 Å². The van der Waals surface area contributed by atoms with Crippen molar-refractivity contribution < 1.29 is 18.7 Å². The first-order valence-corrected chi connectivity index (χ1v) is 8.55. The molecule has 0 aliphatic carbocycles. The monoisotopic (exact) mass is 410 g/mol. The molecule has 0 spiro atoms. The molecule has 0 saturated carbocycles. The molecule has 0 aliphatic rings. The van der Waals surface area contributed by atoms with E-state index in [1.165, 1.54) is 11.9 Å². The Kier molecular flexibility index (Phi) is 5.06. The minimum Gasteiger partial charge on any atom is -0.496 e. The van der Waals surface area contributed by atoms with Gasteiger partial charge in [-0.1, -0.05) is 27.2 Å². The van der Waals surface area contributed by atoms with Gasteiger partial charge in [-0.05, 0) is 36.2 Å². The number of aromatic nitrogens is 1. The number of ether oxygens (including phenoxy) is 3. The molecule has 24 heavy (non-hydrogen) atoms. The van der Waals surface area contributed by atoms with E-state index in [0.717, 1.165) is 14.8 Å². The maximum Gasteiger partial charge on any atom is 0.191 e. The summed E-state index contributed by atoms with van der Waals surface area (Å²) in [6, 6.07) is 9.30. The minimum atomic E-state index is 0.562. The summed E-state index contributed by atoms with van der Waals surface area (Å²) in [4.78, 5) is 0.815. The number of hydrogen-bond donors (Lipinski definition) is 1. The van der Waals surface area contributed by atoms with Crippen LogP contribution in [0.2, 0.25) is 0 Å². The van der Waals surface area contributed by atoms with Gasteiger partial charge in [-0.25, -0.2) is 0 Å². The van der Waals surface area contributed by atoms with E-state index in [9.17, 15) is 0 Å². The van der Waals surface area contributed by atoms with Crippen LogP contribution < -0.4 is 18.9 Å². The first kappa shape index (κ1) is 16.8. The molecule has 3 aromatic rings. The van der Waals surface area contributed by atoms with Gasteiger partial charge in [-0.15, -0.1) is 0 Å². The third kappa shape index (κ3) is 3.11. The van der Waals surface area contributed by atoms with Crippen LogP contribution in [-0.4, -0.2) is 26.5 Å². The zero-order chi connectivity index (χ0) is 17.1. The van der Waals surface area contributed by atoms with E-state index >= 15 is 0 Å². The smallest absolute Gasteiger partial charge is 0.191 e. The van der Waals surface area contributed by atoms with Crippen LogP contribution in [0.15, 0.2) is 44.2 Å². The second kappa shape index (κ2) is 7.23. The van der Waals surface area contributed by atoms with Crippen molar-refractivity contribution in [2.24, 2.45) is 0 Å². The van der Waals surface area contributed by atoms with Crippen LogP contribution in [0, 0.1) is 0 Å². The van der Waals surface area contributed by atoms with Crippen molar-refractivity contribution in [1.29, 1.82) is 0 Å². The highest BCUT2D eigenvalue weighted by Gasteiger charge is 2.17. The Bertz CT molecular complexity index is 846. The fourth-order valence-electron chi connectivity index (χ4n) is 2.25. The van der Waals surface area contributed by atoms with Crippen molar-refractivity contribution in [2.75, 3.05) is 26.1 Å². The van der Waals surface area contributed by atoms with E-state index in [4.69, 9.17) is 18.7 Å². The van der Waals surface area contributed by atoms with Gasteiger partial charge >= 0.3 is 0 Å². The summed E-state index contributed by atoms with van der Waals surface area (Å²) in [6.45, 7) is 0. The van der Waals surface area contributed by atoms with Crippen molar-refractivity contribution in [3.8, 4) is 17.2 Å². The normalized spacial score (nSPS) is 10.7. The van der Waals surface area contributed by atoms with E-state index < -0.39 is 0 Å². The Hall–Kier alpha value is -2.06. The Morgan fingerprint density at radius 3 is 2.33 bits per heavy atom. The van der Waals surface area contributed by atoms with Gasteiger partial charge in [0.2, 0.25) is 0 Å². The van der Waals surface area contributed by atoms with Crippen molar-refractivity contribution in [2.45, 2.75) is 4.90 Å². The molecule has 1 heterocycles. The van der Waals surface area contributed by atoms with Gasteiger partial charge in [0.05, 0.1) is 21.3 Å². The summed E-state index contributed by atoms with van der Waals surface area (Å²) in [5.41, 5.74) is 0.622. The van der Waals surface area contributed by atoms with Crippen LogP contribution in [0.4, 0.5) is 5.82 Å². The SMILES string of the molecule is COc1cccc(OC)c1SNc1noc2cc(Br)cc(OC)c12. The van der Waals surface area contributed by atoms with Crippen molar-refractivity contribution in [1.82, 2.24) is 5.16 Å². The van der Waals surface area contributed by atoms with Gasteiger partial charge in [0.1, 0.15) is 27.5 Å². The molecule has 126 valence electrons. The maximum absolute atomic E-state index is 5.42. The van der Waals surface area contributed by atoms with Crippen LogP contribution in [0.3, 0.4) is 0 Å². The number of anilines is 1. The van der Waals surface area contributed by atoms with Gasteiger partial charge in [-0.3, -0.25) is 0 Å². The maximum atomic E-state index is 5.42. The first-order chi connectivity index (χ1) is 11.7. The minimum absolute atomic E-state index is 0.562. The second-order valence-corrected chi connectivity index (χ2v) is 6.44. The zero-order valence-electron chi connectivity index (χ0n) is 13.3. The summed E-state index contributed by atoms with van der Waals surface area (Å²) in [5.74, 6) is 2.63. The second-order valence-electron chi connectivity index (χ2n) is 4.71. The summed E-state index contributed by atoms with van der Waals surface area (Å²) in [6.07, 6.45) is 0. The summed E-state index contributed by atoms with van der Waals surface area (Å²) >= 11 is 4.75. The van der Waals surface area contributed by atoms with E-state index in [2.05, 4.69) is 25.8 Å². The van der Waals surface area contributed by atoms with Crippen LogP contribution in [0.5, 0.6) is 17.2 Å². The molecule has 8 heteroatoms. The van der Waals surface area contributed by atoms with E-state index in [-0.39, 0.29) is 0 Å². The summed E-state index contributed by atoms with van der Waals surface area (Å²) in [5, 5.41) is 4.85. The van der Waals surface area contributed by atoms with Crippen molar-refractivity contribution in [3.63, 3.8) is 0 Å². The third-order valence-corrected chi connectivity index (χ3v) is 4.71. The Labute approximate surface area is 151 Å². The number of nitrogens with zero attached hydrogens (tertiary/aromatic N) is 1. The zero-order valence-corrected chi connectivity index (χ0v) is 15.7. The summed E-state index contributed by atoms with van der Waals surface area (Å²) < 4.78 is 25.6. The molecule has 0 bridgehead atoms. The lowest BCUT2D eigenvalue weighted by molar-refractivity contribution is 0.376. The number of hydrogen-bond acceptors (Lipinski definition) is 7. The van der Waals surface area contributed by atoms with Crippen LogP contribution in [0.25, 0.3) is 11.0 Å². The lowest BCUT2D eigenvalue weighted by atomic mass is 10.2. The molecule has 0 fully saturated rings. The lowest BCUT2D eigenvalue weighted by Gasteiger charge is -2.12. The molecule has 0 unspecified atom stereocenters. The molecule has 0 amide bonds.